The third-order valence-electron chi connectivity index (χ3n) is 2.41. The molecule has 1 rings (SSSR count). The van der Waals surface area contributed by atoms with Gasteiger partial charge in [-0.1, -0.05) is 15.9 Å². The average molecular weight is 250 g/mol. The molecule has 0 aromatic heterocycles. The molecule has 2 nitrogen and oxygen atoms in total. The summed E-state index contributed by atoms with van der Waals surface area (Å²) in [6, 6.07) is 0.615. The van der Waals surface area contributed by atoms with Crippen LogP contribution < -0.4 is 0 Å². The third kappa shape index (κ3) is 3.22. The van der Waals surface area contributed by atoms with Crippen molar-refractivity contribution in [3.63, 3.8) is 0 Å². The van der Waals surface area contributed by atoms with E-state index in [1.165, 1.54) is 0 Å². The maximum atomic E-state index is 5.91. The number of halogens is 1. The summed E-state index contributed by atoms with van der Waals surface area (Å²) in [5.74, 6) is 0. The van der Waals surface area contributed by atoms with Crippen LogP contribution in [0.2, 0.25) is 0 Å². The number of morpholine rings is 1. The predicted octanol–water partition coefficient (Wildman–Crippen LogP) is 2.27. The Kier molecular flexibility index (Phi) is 3.78. The maximum absolute atomic E-state index is 5.91. The van der Waals surface area contributed by atoms with E-state index in [9.17, 15) is 0 Å². The van der Waals surface area contributed by atoms with Gasteiger partial charge in [0.05, 0.1) is 11.7 Å². The molecule has 0 amide bonds. The minimum atomic E-state index is 0.000949. The Morgan fingerprint density at radius 2 is 2.15 bits per heavy atom. The van der Waals surface area contributed by atoms with E-state index in [-0.39, 0.29) is 5.60 Å². The summed E-state index contributed by atoms with van der Waals surface area (Å²) in [5.41, 5.74) is 0.000949. The van der Waals surface area contributed by atoms with E-state index in [0.717, 1.165) is 18.4 Å². The van der Waals surface area contributed by atoms with Gasteiger partial charge in [0.1, 0.15) is 0 Å². The predicted molar refractivity (Wildman–Crippen MR) is 59.5 cm³/mol. The second kappa shape index (κ2) is 4.28. The SMILES string of the molecule is CC(C)N1CC(CBr)OC(C)(C)C1. The van der Waals surface area contributed by atoms with Crippen molar-refractivity contribution >= 4 is 15.9 Å². The Balaban J connectivity index is 2.60. The number of hydrogen-bond donors (Lipinski definition) is 0. The third-order valence-corrected chi connectivity index (χ3v) is 3.13. The fraction of sp³-hybridized carbons (Fsp3) is 1.00. The van der Waals surface area contributed by atoms with Gasteiger partial charge in [0, 0.05) is 24.5 Å². The fourth-order valence-electron chi connectivity index (χ4n) is 1.81. The zero-order valence-electron chi connectivity index (χ0n) is 9.01. The van der Waals surface area contributed by atoms with E-state index < -0.39 is 0 Å². The molecule has 13 heavy (non-hydrogen) atoms. The first kappa shape index (κ1) is 11.5. The largest absolute Gasteiger partial charge is 0.369 e. The summed E-state index contributed by atoms with van der Waals surface area (Å²) < 4.78 is 5.91. The van der Waals surface area contributed by atoms with Crippen LogP contribution in [0.3, 0.4) is 0 Å². The van der Waals surface area contributed by atoms with Gasteiger partial charge in [-0.05, 0) is 27.7 Å². The molecule has 78 valence electrons. The highest BCUT2D eigenvalue weighted by Crippen LogP contribution is 2.23. The van der Waals surface area contributed by atoms with Crippen LogP contribution in [0.4, 0.5) is 0 Å². The molecule has 1 aliphatic heterocycles. The highest BCUT2D eigenvalue weighted by atomic mass is 79.9. The number of hydrogen-bond acceptors (Lipinski definition) is 2. The molecule has 1 fully saturated rings. The molecule has 1 atom stereocenters. The lowest BCUT2D eigenvalue weighted by molar-refractivity contribution is -0.132. The van der Waals surface area contributed by atoms with Gasteiger partial charge in [0.15, 0.2) is 0 Å². The van der Waals surface area contributed by atoms with Gasteiger partial charge in [-0.25, -0.2) is 0 Å². The molecule has 0 bridgehead atoms. The Bertz CT molecular complexity index is 170. The van der Waals surface area contributed by atoms with Crippen molar-refractivity contribution in [1.29, 1.82) is 0 Å². The Hall–Kier alpha value is 0.400. The molecule has 0 aliphatic carbocycles. The molecule has 3 heteroatoms. The van der Waals surface area contributed by atoms with Crippen molar-refractivity contribution in [2.75, 3.05) is 18.4 Å². The van der Waals surface area contributed by atoms with Gasteiger partial charge in [0.25, 0.3) is 0 Å². The van der Waals surface area contributed by atoms with Crippen LogP contribution in [0.5, 0.6) is 0 Å². The van der Waals surface area contributed by atoms with Crippen LogP contribution in [-0.4, -0.2) is 41.1 Å². The fourth-order valence-corrected chi connectivity index (χ4v) is 2.15. The molecule has 0 saturated carbocycles. The lowest BCUT2D eigenvalue weighted by Gasteiger charge is -2.44. The second-order valence-electron chi connectivity index (χ2n) is 4.68. The zero-order valence-corrected chi connectivity index (χ0v) is 10.6. The molecule has 1 heterocycles. The summed E-state index contributed by atoms with van der Waals surface area (Å²) in [6.45, 7) is 10.9. The molecule has 0 radical (unpaired) electrons. The van der Waals surface area contributed by atoms with E-state index in [2.05, 4.69) is 48.5 Å². The van der Waals surface area contributed by atoms with Crippen LogP contribution in [0.15, 0.2) is 0 Å². The molecule has 1 unspecified atom stereocenters. The van der Waals surface area contributed by atoms with Gasteiger partial charge in [-0.15, -0.1) is 0 Å². The topological polar surface area (TPSA) is 12.5 Å². The van der Waals surface area contributed by atoms with Crippen LogP contribution in [-0.2, 0) is 4.74 Å². The van der Waals surface area contributed by atoms with Crippen molar-refractivity contribution in [1.82, 2.24) is 4.90 Å². The van der Waals surface area contributed by atoms with Crippen LogP contribution >= 0.6 is 15.9 Å². The molecule has 0 aromatic carbocycles. The van der Waals surface area contributed by atoms with E-state index in [0.29, 0.717) is 12.1 Å². The molecular weight excluding hydrogens is 230 g/mol. The normalized spacial score (nSPS) is 29.5. The first-order chi connectivity index (χ1) is 5.94. The van der Waals surface area contributed by atoms with Crippen molar-refractivity contribution in [2.24, 2.45) is 0 Å². The quantitative estimate of drug-likeness (QED) is 0.697. The number of ether oxygens (including phenoxy) is 1. The van der Waals surface area contributed by atoms with Crippen molar-refractivity contribution < 1.29 is 4.74 Å². The molecule has 1 aliphatic rings. The summed E-state index contributed by atoms with van der Waals surface area (Å²) >= 11 is 3.49. The lowest BCUT2D eigenvalue weighted by Crippen LogP contribution is -2.55. The number of rotatable bonds is 2. The smallest absolute Gasteiger partial charge is 0.0806 e. The van der Waals surface area contributed by atoms with Gasteiger partial charge in [-0.3, -0.25) is 4.90 Å². The highest BCUT2D eigenvalue weighted by Gasteiger charge is 2.33. The van der Waals surface area contributed by atoms with Crippen molar-refractivity contribution in [3.8, 4) is 0 Å². The number of nitrogens with zero attached hydrogens (tertiary/aromatic N) is 1. The van der Waals surface area contributed by atoms with Crippen LogP contribution in [0, 0.1) is 0 Å². The summed E-state index contributed by atoms with van der Waals surface area (Å²) in [7, 11) is 0. The minimum absolute atomic E-state index is 0.000949. The summed E-state index contributed by atoms with van der Waals surface area (Å²) in [5, 5.41) is 0.930. The van der Waals surface area contributed by atoms with Crippen LogP contribution in [0.25, 0.3) is 0 Å². The molecule has 0 aromatic rings. The molecule has 1 saturated heterocycles. The van der Waals surface area contributed by atoms with Crippen LogP contribution in [0.1, 0.15) is 27.7 Å². The van der Waals surface area contributed by atoms with Gasteiger partial charge >= 0.3 is 0 Å². The first-order valence-corrected chi connectivity index (χ1v) is 6.04. The standard InChI is InChI=1S/C10H20BrNO/c1-8(2)12-6-9(5-11)13-10(3,4)7-12/h8-9H,5-7H2,1-4H3. The van der Waals surface area contributed by atoms with E-state index in [4.69, 9.17) is 4.74 Å². The molecular formula is C10H20BrNO. The molecule has 0 N–H and O–H groups in total. The summed E-state index contributed by atoms with van der Waals surface area (Å²) in [4.78, 5) is 2.48. The second-order valence-corrected chi connectivity index (χ2v) is 5.32. The first-order valence-electron chi connectivity index (χ1n) is 4.92. The monoisotopic (exact) mass is 249 g/mol. The van der Waals surface area contributed by atoms with E-state index >= 15 is 0 Å². The Morgan fingerprint density at radius 3 is 2.62 bits per heavy atom. The van der Waals surface area contributed by atoms with Gasteiger partial charge in [-0.2, -0.15) is 0 Å². The van der Waals surface area contributed by atoms with Crippen molar-refractivity contribution in [3.05, 3.63) is 0 Å². The summed E-state index contributed by atoms with van der Waals surface area (Å²) in [6.07, 6.45) is 0.339. The average Bonchev–Trinajstić information content (AvgIpc) is 2.01. The Labute approximate surface area is 89.8 Å². The molecule has 0 spiro atoms. The van der Waals surface area contributed by atoms with E-state index in [1.54, 1.807) is 0 Å². The van der Waals surface area contributed by atoms with Crippen molar-refractivity contribution in [2.45, 2.75) is 45.4 Å². The van der Waals surface area contributed by atoms with Gasteiger partial charge < -0.3 is 4.74 Å². The van der Waals surface area contributed by atoms with Gasteiger partial charge in [0.2, 0.25) is 0 Å². The number of alkyl halides is 1. The zero-order chi connectivity index (χ0) is 10.1. The maximum Gasteiger partial charge on any atom is 0.0806 e. The van der Waals surface area contributed by atoms with E-state index in [1.807, 2.05) is 0 Å². The minimum Gasteiger partial charge on any atom is -0.369 e. The Morgan fingerprint density at radius 1 is 1.54 bits per heavy atom. The lowest BCUT2D eigenvalue weighted by atomic mass is 10.0. The highest BCUT2D eigenvalue weighted by molar-refractivity contribution is 9.09.